The highest BCUT2D eigenvalue weighted by Crippen LogP contribution is 2.34. The molecule has 0 saturated carbocycles. The monoisotopic (exact) mass is 393 g/mol. The van der Waals surface area contributed by atoms with Crippen molar-refractivity contribution in [2.45, 2.75) is 26.0 Å². The molecule has 0 saturated heterocycles. The average Bonchev–Trinajstić information content (AvgIpc) is 3.15. The third kappa shape index (κ3) is 3.30. The zero-order valence-corrected chi connectivity index (χ0v) is 16.9. The Balaban J connectivity index is 1.71. The van der Waals surface area contributed by atoms with Crippen molar-refractivity contribution in [1.29, 1.82) is 0 Å². The summed E-state index contributed by atoms with van der Waals surface area (Å²) in [6.45, 7) is 4.19. The largest absolute Gasteiger partial charge is 0.476 e. The van der Waals surface area contributed by atoms with E-state index in [4.69, 9.17) is 4.74 Å². The molecule has 8 heteroatoms. The normalized spacial score (nSPS) is 15.9. The highest BCUT2D eigenvalue weighted by Gasteiger charge is 2.35. The zero-order valence-electron chi connectivity index (χ0n) is 16.9. The minimum Gasteiger partial charge on any atom is -0.476 e. The van der Waals surface area contributed by atoms with Gasteiger partial charge in [0.1, 0.15) is 5.75 Å². The number of likely N-dealkylation sites (N-methyl/N-ethyl adjacent to an activating group) is 1. The molecule has 2 amide bonds. The molecule has 150 valence electrons. The van der Waals surface area contributed by atoms with Crippen molar-refractivity contribution in [3.8, 4) is 5.75 Å². The van der Waals surface area contributed by atoms with Crippen molar-refractivity contribution in [2.75, 3.05) is 25.5 Å². The summed E-state index contributed by atoms with van der Waals surface area (Å²) < 4.78 is 7.68. The highest BCUT2D eigenvalue weighted by atomic mass is 16.5. The first-order valence-electron chi connectivity index (χ1n) is 9.49. The molecule has 0 spiro atoms. The summed E-state index contributed by atoms with van der Waals surface area (Å²) in [5.74, 6) is 0.0852. The van der Waals surface area contributed by atoms with Crippen LogP contribution in [0.1, 0.15) is 30.2 Å². The van der Waals surface area contributed by atoms with Gasteiger partial charge in [0, 0.05) is 31.7 Å². The van der Waals surface area contributed by atoms with Gasteiger partial charge in [0.05, 0.1) is 24.0 Å². The Labute approximate surface area is 168 Å². The van der Waals surface area contributed by atoms with Crippen molar-refractivity contribution in [3.63, 3.8) is 0 Å². The smallest absolute Gasteiger partial charge is 0.265 e. The lowest BCUT2D eigenvalue weighted by atomic mass is 10.1. The lowest BCUT2D eigenvalue weighted by Gasteiger charge is -2.35. The van der Waals surface area contributed by atoms with E-state index in [0.29, 0.717) is 17.0 Å². The number of carbonyl (C=O) groups is 2. The Bertz CT molecular complexity index is 1090. The second-order valence-electron chi connectivity index (χ2n) is 7.54. The Kier molecular flexibility index (Phi) is 4.70. The fourth-order valence-corrected chi connectivity index (χ4v) is 3.43. The average molecular weight is 393 g/mol. The molecule has 3 aromatic rings. The number of anilines is 1. The molecule has 3 heterocycles. The summed E-state index contributed by atoms with van der Waals surface area (Å²) in [7, 11) is 3.34. The summed E-state index contributed by atoms with van der Waals surface area (Å²) in [6, 6.07) is 9.19. The summed E-state index contributed by atoms with van der Waals surface area (Å²) in [4.78, 5) is 33.4. The molecule has 8 nitrogen and oxygen atoms in total. The van der Waals surface area contributed by atoms with Crippen LogP contribution in [0.5, 0.6) is 5.75 Å². The molecule has 0 N–H and O–H groups in total. The standard InChI is InChI=1S/C21H23N5O3/c1-13(2)26-19-14(11-23-26)9-15(10-22-19)20(27)25-12-18(21(28)24(3)4)29-17-8-6-5-7-16(17)25/h5-11,13,18H,12H2,1-4H3/t18-/m0/s1. The Hall–Kier alpha value is -3.42. The second-order valence-corrected chi connectivity index (χ2v) is 7.54. The number of para-hydroxylation sites is 2. The van der Waals surface area contributed by atoms with Gasteiger partial charge < -0.3 is 14.5 Å². The maximum atomic E-state index is 13.4. The van der Waals surface area contributed by atoms with E-state index in [1.807, 2.05) is 36.7 Å². The molecule has 1 aliphatic heterocycles. The van der Waals surface area contributed by atoms with E-state index >= 15 is 0 Å². The minimum atomic E-state index is -0.760. The number of fused-ring (bicyclic) bond motifs is 2. The van der Waals surface area contributed by atoms with Crippen LogP contribution in [0.25, 0.3) is 11.0 Å². The molecule has 29 heavy (non-hydrogen) atoms. The number of carbonyl (C=O) groups excluding carboxylic acids is 2. The lowest BCUT2D eigenvalue weighted by molar-refractivity contribution is -0.135. The lowest BCUT2D eigenvalue weighted by Crippen LogP contribution is -2.50. The number of hydrogen-bond donors (Lipinski definition) is 0. The summed E-state index contributed by atoms with van der Waals surface area (Å²) >= 11 is 0. The van der Waals surface area contributed by atoms with Crippen molar-refractivity contribution in [2.24, 2.45) is 0 Å². The van der Waals surface area contributed by atoms with E-state index in [1.54, 1.807) is 43.5 Å². The van der Waals surface area contributed by atoms with E-state index in [0.717, 1.165) is 11.0 Å². The van der Waals surface area contributed by atoms with Crippen LogP contribution in [0.3, 0.4) is 0 Å². The predicted octanol–water partition coefficient (Wildman–Crippen LogP) is 2.51. The maximum Gasteiger partial charge on any atom is 0.265 e. The first-order chi connectivity index (χ1) is 13.9. The van der Waals surface area contributed by atoms with Crippen LogP contribution < -0.4 is 9.64 Å². The van der Waals surface area contributed by atoms with Crippen LogP contribution in [0.15, 0.2) is 42.7 Å². The van der Waals surface area contributed by atoms with Crippen molar-refractivity contribution >= 4 is 28.5 Å². The van der Waals surface area contributed by atoms with Gasteiger partial charge in [-0.1, -0.05) is 12.1 Å². The molecule has 0 aliphatic carbocycles. The van der Waals surface area contributed by atoms with Crippen LogP contribution in [-0.2, 0) is 4.79 Å². The van der Waals surface area contributed by atoms with E-state index in [1.165, 1.54) is 4.90 Å². The number of nitrogens with zero attached hydrogens (tertiary/aromatic N) is 5. The zero-order chi connectivity index (χ0) is 20.7. The molecule has 0 radical (unpaired) electrons. The minimum absolute atomic E-state index is 0.135. The summed E-state index contributed by atoms with van der Waals surface area (Å²) in [5, 5.41) is 5.16. The van der Waals surface area contributed by atoms with E-state index in [9.17, 15) is 9.59 Å². The maximum absolute atomic E-state index is 13.4. The van der Waals surface area contributed by atoms with Crippen LogP contribution in [0.4, 0.5) is 5.69 Å². The number of aromatic nitrogens is 3. The van der Waals surface area contributed by atoms with Gasteiger partial charge in [0.2, 0.25) is 0 Å². The molecule has 0 fully saturated rings. The SMILES string of the molecule is CC(C)n1ncc2cc(C(=O)N3C[C@@H](C(=O)N(C)C)Oc4ccccc43)cnc21. The van der Waals surface area contributed by atoms with Crippen LogP contribution in [0.2, 0.25) is 0 Å². The van der Waals surface area contributed by atoms with Gasteiger partial charge in [-0.25, -0.2) is 9.67 Å². The molecule has 0 bridgehead atoms. The van der Waals surface area contributed by atoms with Gasteiger partial charge in [-0.15, -0.1) is 0 Å². The van der Waals surface area contributed by atoms with Gasteiger partial charge in [0.25, 0.3) is 11.8 Å². The molecule has 4 rings (SSSR count). The fraction of sp³-hybridized carbons (Fsp3) is 0.333. The van der Waals surface area contributed by atoms with Crippen molar-refractivity contribution in [3.05, 3.63) is 48.3 Å². The third-order valence-electron chi connectivity index (χ3n) is 4.90. The van der Waals surface area contributed by atoms with Crippen molar-refractivity contribution in [1.82, 2.24) is 19.7 Å². The van der Waals surface area contributed by atoms with Crippen LogP contribution >= 0.6 is 0 Å². The summed E-state index contributed by atoms with van der Waals surface area (Å²) in [5.41, 5.74) is 1.81. The van der Waals surface area contributed by atoms with Gasteiger partial charge in [-0.2, -0.15) is 5.10 Å². The number of amides is 2. The van der Waals surface area contributed by atoms with E-state index in [-0.39, 0.29) is 24.4 Å². The Morgan fingerprint density at radius 3 is 2.69 bits per heavy atom. The third-order valence-corrected chi connectivity index (χ3v) is 4.90. The van der Waals surface area contributed by atoms with Crippen LogP contribution in [0, 0.1) is 0 Å². The van der Waals surface area contributed by atoms with Gasteiger partial charge >= 0.3 is 0 Å². The molecular weight excluding hydrogens is 370 g/mol. The number of benzene rings is 1. The van der Waals surface area contributed by atoms with E-state index < -0.39 is 6.10 Å². The molecular formula is C21H23N5O3. The van der Waals surface area contributed by atoms with Crippen LogP contribution in [-0.4, -0.2) is 58.2 Å². The number of rotatable bonds is 3. The van der Waals surface area contributed by atoms with Gasteiger partial charge in [-0.05, 0) is 32.0 Å². The number of ether oxygens (including phenoxy) is 1. The second kappa shape index (κ2) is 7.20. The predicted molar refractivity (Wildman–Crippen MR) is 109 cm³/mol. The quantitative estimate of drug-likeness (QED) is 0.683. The fourth-order valence-electron chi connectivity index (χ4n) is 3.43. The molecule has 0 unspecified atom stereocenters. The van der Waals surface area contributed by atoms with Gasteiger partial charge in [0.15, 0.2) is 11.8 Å². The molecule has 2 aromatic heterocycles. The molecule has 1 aliphatic rings. The number of pyridine rings is 1. The highest BCUT2D eigenvalue weighted by molar-refractivity contribution is 6.08. The van der Waals surface area contributed by atoms with Crippen molar-refractivity contribution < 1.29 is 14.3 Å². The van der Waals surface area contributed by atoms with E-state index in [2.05, 4.69) is 10.1 Å². The molecule has 1 aromatic carbocycles. The summed E-state index contributed by atoms with van der Waals surface area (Å²) in [6.07, 6.45) is 2.51. The topological polar surface area (TPSA) is 80.6 Å². The Morgan fingerprint density at radius 2 is 1.97 bits per heavy atom. The van der Waals surface area contributed by atoms with Gasteiger partial charge in [-0.3, -0.25) is 9.59 Å². The number of hydrogen-bond acceptors (Lipinski definition) is 5. The first-order valence-corrected chi connectivity index (χ1v) is 9.49. The molecule has 1 atom stereocenters. The Morgan fingerprint density at radius 1 is 1.21 bits per heavy atom. The first kappa shape index (κ1) is 18.9.